The SMILES string of the molecule is Cc1ccc(C[C@@H](C)Nc2ncnc3sccc23)s1. The van der Waals surface area contributed by atoms with E-state index in [2.05, 4.69) is 52.7 Å². The first-order valence-corrected chi connectivity index (χ1v) is 7.92. The van der Waals surface area contributed by atoms with Gasteiger partial charge in [0.1, 0.15) is 17.0 Å². The summed E-state index contributed by atoms with van der Waals surface area (Å²) in [5.41, 5.74) is 0. The molecule has 1 atom stereocenters. The first kappa shape index (κ1) is 12.6. The summed E-state index contributed by atoms with van der Waals surface area (Å²) in [7, 11) is 0. The van der Waals surface area contributed by atoms with Crippen molar-refractivity contribution in [2.24, 2.45) is 0 Å². The molecule has 98 valence electrons. The molecule has 0 aliphatic carbocycles. The number of nitrogens with zero attached hydrogens (tertiary/aromatic N) is 2. The zero-order chi connectivity index (χ0) is 13.2. The molecule has 3 rings (SSSR count). The second-order valence-electron chi connectivity index (χ2n) is 4.62. The van der Waals surface area contributed by atoms with Gasteiger partial charge in [-0.15, -0.1) is 22.7 Å². The van der Waals surface area contributed by atoms with Crippen molar-refractivity contribution in [3.8, 4) is 0 Å². The lowest BCUT2D eigenvalue weighted by Crippen LogP contribution is -2.18. The monoisotopic (exact) mass is 289 g/mol. The maximum absolute atomic E-state index is 4.35. The number of thiophene rings is 2. The smallest absolute Gasteiger partial charge is 0.138 e. The number of nitrogens with one attached hydrogen (secondary N) is 1. The molecule has 0 bridgehead atoms. The van der Waals surface area contributed by atoms with Crippen molar-refractivity contribution in [2.45, 2.75) is 26.3 Å². The van der Waals surface area contributed by atoms with Crippen LogP contribution in [0.2, 0.25) is 0 Å². The predicted octanol–water partition coefficient (Wildman–Crippen LogP) is 4.10. The minimum atomic E-state index is 0.357. The molecular weight excluding hydrogens is 274 g/mol. The maximum Gasteiger partial charge on any atom is 0.138 e. The van der Waals surface area contributed by atoms with Gasteiger partial charge < -0.3 is 5.32 Å². The molecule has 3 aromatic heterocycles. The third-order valence-corrected chi connectivity index (χ3v) is 4.79. The van der Waals surface area contributed by atoms with Crippen LogP contribution in [0.1, 0.15) is 16.7 Å². The van der Waals surface area contributed by atoms with Crippen molar-refractivity contribution in [3.05, 3.63) is 39.7 Å². The zero-order valence-corrected chi connectivity index (χ0v) is 12.5. The molecule has 5 heteroatoms. The van der Waals surface area contributed by atoms with E-state index >= 15 is 0 Å². The van der Waals surface area contributed by atoms with E-state index in [0.29, 0.717) is 6.04 Å². The highest BCUT2D eigenvalue weighted by Crippen LogP contribution is 2.25. The Morgan fingerprint density at radius 1 is 1.26 bits per heavy atom. The van der Waals surface area contributed by atoms with Crippen LogP contribution in [0, 0.1) is 6.92 Å². The van der Waals surface area contributed by atoms with Crippen molar-refractivity contribution >= 4 is 38.7 Å². The highest BCUT2D eigenvalue weighted by atomic mass is 32.1. The van der Waals surface area contributed by atoms with Gasteiger partial charge in [0.2, 0.25) is 0 Å². The van der Waals surface area contributed by atoms with Crippen LogP contribution in [0.15, 0.2) is 29.9 Å². The molecule has 0 saturated carbocycles. The number of aryl methyl sites for hydroxylation is 1. The van der Waals surface area contributed by atoms with Gasteiger partial charge in [-0.05, 0) is 37.4 Å². The first-order valence-electron chi connectivity index (χ1n) is 6.22. The molecule has 1 N–H and O–H groups in total. The van der Waals surface area contributed by atoms with Crippen LogP contribution in [0.3, 0.4) is 0 Å². The van der Waals surface area contributed by atoms with Crippen LogP contribution in [0.25, 0.3) is 10.2 Å². The molecule has 0 radical (unpaired) electrons. The summed E-state index contributed by atoms with van der Waals surface area (Å²) < 4.78 is 0. The van der Waals surface area contributed by atoms with E-state index in [1.165, 1.54) is 9.75 Å². The average molecular weight is 289 g/mol. The third kappa shape index (κ3) is 2.77. The third-order valence-electron chi connectivity index (χ3n) is 2.95. The molecule has 0 aliphatic rings. The number of aromatic nitrogens is 2. The summed E-state index contributed by atoms with van der Waals surface area (Å²) in [5, 5.41) is 6.66. The Bertz CT molecular complexity index is 687. The van der Waals surface area contributed by atoms with Crippen molar-refractivity contribution in [2.75, 3.05) is 5.32 Å². The number of anilines is 1. The van der Waals surface area contributed by atoms with Crippen LogP contribution in [-0.4, -0.2) is 16.0 Å². The summed E-state index contributed by atoms with van der Waals surface area (Å²) >= 11 is 3.51. The van der Waals surface area contributed by atoms with Crippen molar-refractivity contribution in [3.63, 3.8) is 0 Å². The predicted molar refractivity (Wildman–Crippen MR) is 83.3 cm³/mol. The van der Waals surface area contributed by atoms with E-state index in [4.69, 9.17) is 0 Å². The van der Waals surface area contributed by atoms with E-state index in [0.717, 1.165) is 22.5 Å². The molecule has 0 aliphatic heterocycles. The Kier molecular flexibility index (Phi) is 3.48. The van der Waals surface area contributed by atoms with Crippen LogP contribution in [0.4, 0.5) is 5.82 Å². The van der Waals surface area contributed by atoms with Gasteiger partial charge in [0.25, 0.3) is 0 Å². The van der Waals surface area contributed by atoms with Gasteiger partial charge in [-0.25, -0.2) is 9.97 Å². The summed E-state index contributed by atoms with van der Waals surface area (Å²) in [4.78, 5) is 12.4. The van der Waals surface area contributed by atoms with Crippen LogP contribution < -0.4 is 5.32 Å². The fourth-order valence-corrected chi connectivity index (χ4v) is 3.84. The maximum atomic E-state index is 4.35. The lowest BCUT2D eigenvalue weighted by Gasteiger charge is -2.14. The summed E-state index contributed by atoms with van der Waals surface area (Å²) in [6.45, 7) is 4.33. The van der Waals surface area contributed by atoms with E-state index in [-0.39, 0.29) is 0 Å². The molecule has 3 nitrogen and oxygen atoms in total. The lowest BCUT2D eigenvalue weighted by molar-refractivity contribution is 0.795. The van der Waals surface area contributed by atoms with Crippen molar-refractivity contribution < 1.29 is 0 Å². The number of fused-ring (bicyclic) bond motifs is 1. The number of rotatable bonds is 4. The molecule has 0 fully saturated rings. The highest BCUT2D eigenvalue weighted by Gasteiger charge is 2.09. The quantitative estimate of drug-likeness (QED) is 0.785. The fraction of sp³-hybridized carbons (Fsp3) is 0.286. The standard InChI is InChI=1S/C14H15N3S2/c1-9(7-11-4-3-10(2)19-11)17-13-12-5-6-18-14(12)16-8-15-13/h3-6,8-9H,7H2,1-2H3,(H,15,16,17)/t9-/m1/s1. The van der Waals surface area contributed by atoms with E-state index in [1.807, 2.05) is 11.3 Å². The zero-order valence-electron chi connectivity index (χ0n) is 10.9. The van der Waals surface area contributed by atoms with Gasteiger partial charge in [0, 0.05) is 22.2 Å². The lowest BCUT2D eigenvalue weighted by atomic mass is 10.2. The number of hydrogen-bond acceptors (Lipinski definition) is 5. The topological polar surface area (TPSA) is 37.8 Å². The highest BCUT2D eigenvalue weighted by molar-refractivity contribution is 7.16. The molecule has 19 heavy (non-hydrogen) atoms. The van der Waals surface area contributed by atoms with E-state index in [9.17, 15) is 0 Å². The van der Waals surface area contributed by atoms with Gasteiger partial charge in [-0.2, -0.15) is 0 Å². The molecule has 3 heterocycles. The van der Waals surface area contributed by atoms with Gasteiger partial charge in [0.05, 0.1) is 5.39 Å². The second kappa shape index (κ2) is 5.27. The van der Waals surface area contributed by atoms with Crippen LogP contribution in [-0.2, 0) is 6.42 Å². The molecule has 0 amide bonds. The molecular formula is C14H15N3S2. The normalized spacial score (nSPS) is 12.7. The Hall–Kier alpha value is -1.46. The Morgan fingerprint density at radius 3 is 2.95 bits per heavy atom. The Morgan fingerprint density at radius 2 is 2.16 bits per heavy atom. The Balaban J connectivity index is 1.75. The van der Waals surface area contributed by atoms with Gasteiger partial charge in [0.15, 0.2) is 0 Å². The van der Waals surface area contributed by atoms with E-state index < -0.39 is 0 Å². The van der Waals surface area contributed by atoms with Crippen LogP contribution >= 0.6 is 22.7 Å². The van der Waals surface area contributed by atoms with E-state index in [1.54, 1.807) is 17.7 Å². The molecule has 0 saturated heterocycles. The number of hydrogen-bond donors (Lipinski definition) is 1. The van der Waals surface area contributed by atoms with Crippen LogP contribution in [0.5, 0.6) is 0 Å². The summed E-state index contributed by atoms with van der Waals surface area (Å²) in [6.07, 6.45) is 2.65. The van der Waals surface area contributed by atoms with Gasteiger partial charge >= 0.3 is 0 Å². The largest absolute Gasteiger partial charge is 0.367 e. The molecule has 0 aromatic carbocycles. The molecule has 3 aromatic rings. The first-order chi connectivity index (χ1) is 9.22. The molecule has 0 unspecified atom stereocenters. The minimum Gasteiger partial charge on any atom is -0.367 e. The van der Waals surface area contributed by atoms with Gasteiger partial charge in [-0.1, -0.05) is 0 Å². The second-order valence-corrected chi connectivity index (χ2v) is 6.89. The van der Waals surface area contributed by atoms with Gasteiger partial charge in [-0.3, -0.25) is 0 Å². The Labute approximate surface area is 120 Å². The summed E-state index contributed by atoms with van der Waals surface area (Å²) in [6, 6.07) is 6.81. The molecule has 0 spiro atoms. The van der Waals surface area contributed by atoms with Crippen molar-refractivity contribution in [1.82, 2.24) is 9.97 Å². The summed E-state index contributed by atoms with van der Waals surface area (Å²) in [5.74, 6) is 0.937. The fourth-order valence-electron chi connectivity index (χ4n) is 2.09. The van der Waals surface area contributed by atoms with Crippen molar-refractivity contribution in [1.29, 1.82) is 0 Å². The average Bonchev–Trinajstić information content (AvgIpc) is 2.98. The minimum absolute atomic E-state index is 0.357.